The van der Waals surface area contributed by atoms with Gasteiger partial charge >= 0.3 is 0 Å². The minimum atomic E-state index is -0.00956. The third kappa shape index (κ3) is 2.89. The summed E-state index contributed by atoms with van der Waals surface area (Å²) < 4.78 is 9.84. The van der Waals surface area contributed by atoms with E-state index in [2.05, 4.69) is 21.9 Å². The Bertz CT molecular complexity index is 1190. The molecule has 3 aliphatic carbocycles. The summed E-state index contributed by atoms with van der Waals surface area (Å²) >= 11 is 0.897. The van der Waals surface area contributed by atoms with Crippen LogP contribution in [0.1, 0.15) is 47.2 Å². The van der Waals surface area contributed by atoms with Gasteiger partial charge in [0.2, 0.25) is 0 Å². The second-order valence-electron chi connectivity index (χ2n) is 11.8. The fourth-order valence-corrected chi connectivity index (χ4v) is 10.0. The normalized spacial score (nSPS) is 36.9. The van der Waals surface area contributed by atoms with Crippen LogP contribution in [0.25, 0.3) is 0 Å². The van der Waals surface area contributed by atoms with Crippen molar-refractivity contribution in [3.63, 3.8) is 0 Å². The van der Waals surface area contributed by atoms with Gasteiger partial charge in [-0.2, -0.15) is 0 Å². The molecule has 2 saturated heterocycles. The van der Waals surface area contributed by atoms with Gasteiger partial charge < -0.3 is 20.3 Å². The van der Waals surface area contributed by atoms with Crippen LogP contribution >= 0.6 is 12.0 Å². The first-order chi connectivity index (χ1) is 17.5. The van der Waals surface area contributed by atoms with Crippen LogP contribution in [-0.2, 0) is 11.8 Å². The van der Waals surface area contributed by atoms with E-state index < -0.39 is 0 Å². The minimum Gasteiger partial charge on any atom is -0.508 e. The van der Waals surface area contributed by atoms with Crippen LogP contribution in [0.4, 0.5) is 0 Å². The van der Waals surface area contributed by atoms with Gasteiger partial charge in [0.1, 0.15) is 5.75 Å². The lowest BCUT2D eigenvalue weighted by Gasteiger charge is -2.66. The van der Waals surface area contributed by atoms with Crippen molar-refractivity contribution in [2.75, 3.05) is 26.2 Å². The molecule has 5 aliphatic rings. The molecule has 4 bridgehead atoms. The number of fused-ring (bicyclic) bond motifs is 1. The number of carbonyl (C=O) groups is 1. The van der Waals surface area contributed by atoms with E-state index in [4.69, 9.17) is 5.73 Å². The standard InChI is InChI=1S/C29H35N3O3S/c30-15-22(36-35)17-31-11-10-29-23-13-21(33)7-6-19(23)12-25(31)28(29)9-8-24-26(29)20(14-28)16-32(24)27(34)18-4-2-1-3-5-18/h1-7,13,20,22,24-26,33,35H,8-12,14-17,30H2/t20-,22?,24?,25?,26?,28?,29?/m1/s1. The van der Waals surface area contributed by atoms with E-state index in [9.17, 15) is 14.5 Å². The number of phenols is 1. The van der Waals surface area contributed by atoms with Crippen LogP contribution in [0.3, 0.4) is 0 Å². The fraction of sp³-hybridized carbons (Fsp3) is 0.552. The van der Waals surface area contributed by atoms with E-state index in [0.29, 0.717) is 30.2 Å². The van der Waals surface area contributed by atoms with Gasteiger partial charge in [0.25, 0.3) is 5.91 Å². The molecule has 2 aromatic rings. The highest BCUT2D eigenvalue weighted by Crippen LogP contribution is 2.75. The lowest BCUT2D eigenvalue weighted by molar-refractivity contribution is -0.100. The molecule has 4 N–H and O–H groups in total. The molecule has 0 spiro atoms. The van der Waals surface area contributed by atoms with Crippen molar-refractivity contribution < 1.29 is 14.5 Å². The van der Waals surface area contributed by atoms with Gasteiger partial charge in [-0.15, -0.1) is 0 Å². The number of piperidine rings is 1. The lowest BCUT2D eigenvalue weighted by atomic mass is 9.43. The van der Waals surface area contributed by atoms with Crippen LogP contribution in [0.15, 0.2) is 48.5 Å². The van der Waals surface area contributed by atoms with E-state index in [1.165, 1.54) is 11.1 Å². The average molecular weight is 506 g/mol. The Morgan fingerprint density at radius 1 is 1.19 bits per heavy atom. The van der Waals surface area contributed by atoms with Gasteiger partial charge in [0.15, 0.2) is 0 Å². The van der Waals surface area contributed by atoms with Crippen LogP contribution in [0, 0.1) is 17.3 Å². The first kappa shape index (κ1) is 23.1. The first-order valence-corrected chi connectivity index (χ1v) is 14.3. The molecule has 2 aliphatic heterocycles. The number of hydrogen-bond acceptors (Lipinski definition) is 6. The second kappa shape index (κ2) is 8.22. The fourth-order valence-electron chi connectivity index (χ4n) is 9.70. The number of benzene rings is 2. The Labute approximate surface area is 217 Å². The molecule has 7 rings (SSSR count). The van der Waals surface area contributed by atoms with E-state index in [0.717, 1.165) is 69.3 Å². The summed E-state index contributed by atoms with van der Waals surface area (Å²) in [5.41, 5.74) is 9.64. The summed E-state index contributed by atoms with van der Waals surface area (Å²) in [5.74, 6) is 1.44. The van der Waals surface area contributed by atoms with Crippen molar-refractivity contribution in [1.82, 2.24) is 9.80 Å². The van der Waals surface area contributed by atoms with Gasteiger partial charge in [-0.05, 0) is 103 Å². The van der Waals surface area contributed by atoms with E-state index in [1.54, 1.807) is 0 Å². The van der Waals surface area contributed by atoms with Crippen LogP contribution in [0.2, 0.25) is 0 Å². The molecule has 190 valence electrons. The van der Waals surface area contributed by atoms with Gasteiger partial charge in [-0.25, -0.2) is 0 Å². The largest absolute Gasteiger partial charge is 0.508 e. The molecule has 6 nitrogen and oxygen atoms in total. The van der Waals surface area contributed by atoms with Crippen molar-refractivity contribution in [3.8, 4) is 5.75 Å². The van der Waals surface area contributed by atoms with Crippen molar-refractivity contribution in [1.29, 1.82) is 0 Å². The second-order valence-corrected chi connectivity index (χ2v) is 12.7. The Hall–Kier alpha value is -2.06. The van der Waals surface area contributed by atoms with E-state index in [1.807, 2.05) is 36.4 Å². The minimum absolute atomic E-state index is 0.00956. The van der Waals surface area contributed by atoms with Gasteiger partial charge in [-0.3, -0.25) is 9.69 Å². The first-order valence-electron chi connectivity index (χ1n) is 13.4. The van der Waals surface area contributed by atoms with Crippen molar-refractivity contribution >= 4 is 17.9 Å². The summed E-state index contributed by atoms with van der Waals surface area (Å²) in [6.07, 6.45) is 5.33. The number of aromatic hydroxyl groups is 1. The van der Waals surface area contributed by atoms with E-state index >= 15 is 0 Å². The highest BCUT2D eigenvalue weighted by molar-refractivity contribution is 7.94. The number of amides is 1. The SMILES string of the molecule is NCC(CN1CCC23c4cc(O)ccc4CC1C21CCC2C3[C@@H](CN2C(=O)c2ccccc2)C1)SO. The molecule has 36 heavy (non-hydrogen) atoms. The monoisotopic (exact) mass is 505 g/mol. The summed E-state index contributed by atoms with van der Waals surface area (Å²) in [6.45, 7) is 3.09. The van der Waals surface area contributed by atoms with Gasteiger partial charge in [-0.1, -0.05) is 24.3 Å². The van der Waals surface area contributed by atoms with Crippen molar-refractivity contribution in [2.24, 2.45) is 23.0 Å². The van der Waals surface area contributed by atoms with Crippen LogP contribution in [-0.4, -0.2) is 68.9 Å². The maximum Gasteiger partial charge on any atom is 0.254 e. The number of rotatable bonds is 5. The molecular formula is C29H35N3O3S. The Balaban J connectivity index is 1.32. The topological polar surface area (TPSA) is 90.0 Å². The molecule has 6 unspecified atom stereocenters. The Morgan fingerprint density at radius 2 is 2.03 bits per heavy atom. The zero-order valence-electron chi connectivity index (χ0n) is 20.6. The van der Waals surface area contributed by atoms with Gasteiger partial charge in [0, 0.05) is 42.7 Å². The van der Waals surface area contributed by atoms with Crippen molar-refractivity contribution in [2.45, 2.75) is 54.9 Å². The molecule has 7 atom stereocenters. The predicted molar refractivity (Wildman–Crippen MR) is 141 cm³/mol. The quantitative estimate of drug-likeness (QED) is 0.537. The molecule has 2 saturated carbocycles. The third-order valence-corrected chi connectivity index (χ3v) is 11.4. The number of carbonyl (C=O) groups excluding carboxylic acids is 1. The molecule has 2 aromatic carbocycles. The molecule has 0 radical (unpaired) electrons. The molecule has 7 heteroatoms. The van der Waals surface area contributed by atoms with E-state index in [-0.39, 0.29) is 28.0 Å². The third-order valence-electron chi connectivity index (χ3n) is 10.7. The highest BCUT2D eigenvalue weighted by Gasteiger charge is 2.76. The summed E-state index contributed by atoms with van der Waals surface area (Å²) in [6, 6.07) is 16.5. The zero-order valence-corrected chi connectivity index (χ0v) is 21.4. The average Bonchev–Trinajstić information content (AvgIpc) is 3.35. The van der Waals surface area contributed by atoms with Gasteiger partial charge in [0.05, 0.1) is 5.25 Å². The predicted octanol–water partition coefficient (Wildman–Crippen LogP) is 3.73. The lowest BCUT2D eigenvalue weighted by Crippen LogP contribution is -2.70. The number of likely N-dealkylation sites (tertiary alicyclic amines) is 2. The molecule has 0 aromatic heterocycles. The smallest absolute Gasteiger partial charge is 0.254 e. The Kier molecular flexibility index (Phi) is 5.27. The molecule has 1 amide bonds. The Morgan fingerprint density at radius 3 is 2.81 bits per heavy atom. The maximum absolute atomic E-state index is 13.7. The number of hydrogen-bond donors (Lipinski definition) is 3. The highest BCUT2D eigenvalue weighted by atomic mass is 32.2. The molecular weight excluding hydrogens is 470 g/mol. The maximum atomic E-state index is 13.7. The zero-order chi connectivity index (χ0) is 24.7. The number of nitrogens with zero attached hydrogens (tertiary/aromatic N) is 2. The summed E-state index contributed by atoms with van der Waals surface area (Å²) in [5, 5.41) is 10.6. The van der Waals surface area contributed by atoms with Crippen LogP contribution < -0.4 is 5.73 Å². The van der Waals surface area contributed by atoms with Crippen LogP contribution in [0.5, 0.6) is 5.75 Å². The summed E-state index contributed by atoms with van der Waals surface area (Å²) in [7, 11) is 0. The number of nitrogens with two attached hydrogens (primary N) is 1. The summed E-state index contributed by atoms with van der Waals surface area (Å²) in [4.78, 5) is 18.5. The number of phenolic OH excluding ortho intramolecular Hbond substituents is 1. The molecule has 2 heterocycles. The van der Waals surface area contributed by atoms with Crippen molar-refractivity contribution in [3.05, 3.63) is 65.2 Å². The molecule has 4 fully saturated rings.